The molecule has 34 heavy (non-hydrogen) atoms. The van der Waals surface area contributed by atoms with Crippen molar-refractivity contribution in [3.8, 4) is 17.2 Å². The van der Waals surface area contributed by atoms with Gasteiger partial charge < -0.3 is 14.8 Å². The monoisotopic (exact) mass is 466 g/mol. The fourth-order valence-electron chi connectivity index (χ4n) is 3.40. The summed E-state index contributed by atoms with van der Waals surface area (Å²) in [6.07, 6.45) is -0.0351. The van der Waals surface area contributed by atoms with Crippen LogP contribution in [0.1, 0.15) is 48.6 Å². The molecule has 3 aromatic rings. The third-order valence-electron chi connectivity index (χ3n) is 5.03. The third-order valence-corrected chi connectivity index (χ3v) is 5.03. The molecule has 0 bridgehead atoms. The molecule has 10 nitrogen and oxygen atoms in total. The maximum atomic E-state index is 13.0. The smallest absolute Gasteiger partial charge is 0.294 e. The molecule has 1 atom stereocenters. The van der Waals surface area contributed by atoms with E-state index in [0.29, 0.717) is 17.2 Å². The second-order valence-electron chi connectivity index (χ2n) is 7.93. The van der Waals surface area contributed by atoms with Gasteiger partial charge in [0.05, 0.1) is 24.2 Å². The van der Waals surface area contributed by atoms with Crippen LogP contribution in [0.25, 0.3) is 5.69 Å². The van der Waals surface area contributed by atoms with Crippen molar-refractivity contribution in [3.05, 3.63) is 85.8 Å². The van der Waals surface area contributed by atoms with Crippen LogP contribution in [0.5, 0.6) is 11.5 Å². The summed E-state index contributed by atoms with van der Waals surface area (Å²) in [5.41, 5.74) is 0.0780. The number of nitrogens with one attached hydrogen (secondary N) is 1. The van der Waals surface area contributed by atoms with Crippen LogP contribution in [0, 0.1) is 17.0 Å². The molecule has 1 aromatic heterocycles. The van der Waals surface area contributed by atoms with Crippen molar-refractivity contribution < 1.29 is 19.2 Å². The molecule has 2 aromatic carbocycles. The number of aryl methyl sites for hydroxylation is 1. The summed E-state index contributed by atoms with van der Waals surface area (Å²) in [5.74, 6) is 0.387. The number of para-hydroxylation sites is 2. The second kappa shape index (κ2) is 10.2. The normalized spacial score (nSPS) is 11.7. The number of ether oxygens (including phenoxy) is 2. The lowest BCUT2D eigenvalue weighted by Crippen LogP contribution is -2.33. The predicted octanol–water partition coefficient (Wildman–Crippen LogP) is 3.74. The maximum Gasteiger partial charge on any atom is 0.294 e. The fourth-order valence-corrected chi connectivity index (χ4v) is 3.40. The van der Waals surface area contributed by atoms with Crippen molar-refractivity contribution in [2.75, 3.05) is 7.11 Å². The zero-order valence-electron chi connectivity index (χ0n) is 19.6. The van der Waals surface area contributed by atoms with Gasteiger partial charge >= 0.3 is 0 Å². The van der Waals surface area contributed by atoms with Gasteiger partial charge in [-0.05, 0) is 51.5 Å². The molecule has 0 radical (unpaired) electrons. The highest BCUT2D eigenvalue weighted by Gasteiger charge is 2.22. The Labute approximate surface area is 196 Å². The van der Waals surface area contributed by atoms with Gasteiger partial charge in [0.1, 0.15) is 5.69 Å². The molecule has 0 spiro atoms. The summed E-state index contributed by atoms with van der Waals surface area (Å²) in [4.78, 5) is 36.4. The highest BCUT2D eigenvalue weighted by molar-refractivity contribution is 5.92. The Kier molecular flexibility index (Phi) is 7.30. The molecule has 1 unspecified atom stereocenters. The van der Waals surface area contributed by atoms with E-state index in [4.69, 9.17) is 9.47 Å². The van der Waals surface area contributed by atoms with Crippen molar-refractivity contribution >= 4 is 11.6 Å². The Morgan fingerprint density at radius 3 is 2.47 bits per heavy atom. The molecular weight excluding hydrogens is 440 g/mol. The lowest BCUT2D eigenvalue weighted by molar-refractivity contribution is -0.384. The largest absolute Gasteiger partial charge is 0.493 e. The van der Waals surface area contributed by atoms with Gasteiger partial charge in [-0.25, -0.2) is 4.68 Å². The van der Waals surface area contributed by atoms with Crippen LogP contribution >= 0.6 is 0 Å². The van der Waals surface area contributed by atoms with Crippen LogP contribution in [0.4, 0.5) is 5.69 Å². The van der Waals surface area contributed by atoms with E-state index >= 15 is 0 Å². The summed E-state index contributed by atoms with van der Waals surface area (Å²) in [6, 6.07) is 12.0. The Morgan fingerprint density at radius 1 is 1.12 bits per heavy atom. The standard InChI is InChI=1S/C24H26N4O6/c1-14(2)34-21-11-10-17(13-22(21)33-5)16(4)25-24(30)23-20(29)12-15(3)27(26-23)18-8-6-7-9-19(18)28(31)32/h6-14,16H,1-5H3,(H,25,30). The number of hydrogen-bond donors (Lipinski definition) is 1. The quantitative estimate of drug-likeness (QED) is 0.396. The number of carbonyl (C=O) groups excluding carboxylic acids is 1. The molecule has 1 amide bonds. The van der Waals surface area contributed by atoms with E-state index in [1.165, 1.54) is 36.1 Å². The topological polar surface area (TPSA) is 126 Å². The SMILES string of the molecule is COc1cc(C(C)NC(=O)c2nn(-c3ccccc3[N+](=O)[O-])c(C)cc2=O)ccc1OC(C)C. The molecule has 0 aliphatic carbocycles. The van der Waals surface area contributed by atoms with Gasteiger partial charge in [0.15, 0.2) is 17.2 Å². The predicted molar refractivity (Wildman–Crippen MR) is 126 cm³/mol. The van der Waals surface area contributed by atoms with E-state index in [2.05, 4.69) is 10.4 Å². The lowest BCUT2D eigenvalue weighted by atomic mass is 10.1. The number of amides is 1. The highest BCUT2D eigenvalue weighted by atomic mass is 16.6. The van der Waals surface area contributed by atoms with Gasteiger partial charge in [0, 0.05) is 17.8 Å². The van der Waals surface area contributed by atoms with Gasteiger partial charge in [0.25, 0.3) is 11.6 Å². The fraction of sp³-hybridized carbons (Fsp3) is 0.292. The summed E-state index contributed by atoms with van der Waals surface area (Å²) in [6.45, 7) is 7.15. The first-order valence-electron chi connectivity index (χ1n) is 10.6. The first-order valence-corrected chi connectivity index (χ1v) is 10.6. The molecule has 1 N–H and O–H groups in total. The molecule has 0 aliphatic rings. The average molecular weight is 466 g/mol. The number of nitro groups is 1. The number of nitrogens with zero attached hydrogens (tertiary/aromatic N) is 3. The third kappa shape index (κ3) is 5.22. The molecule has 10 heteroatoms. The molecular formula is C24H26N4O6. The summed E-state index contributed by atoms with van der Waals surface area (Å²) < 4.78 is 12.3. The van der Waals surface area contributed by atoms with Crippen LogP contribution in [0.15, 0.2) is 53.3 Å². The molecule has 0 aliphatic heterocycles. The summed E-state index contributed by atoms with van der Waals surface area (Å²) in [5, 5.41) is 18.3. The maximum absolute atomic E-state index is 13.0. The second-order valence-corrected chi connectivity index (χ2v) is 7.93. The lowest BCUT2D eigenvalue weighted by Gasteiger charge is -2.18. The highest BCUT2D eigenvalue weighted by Crippen LogP contribution is 2.31. The van der Waals surface area contributed by atoms with E-state index in [1.807, 2.05) is 13.8 Å². The number of nitro benzene ring substituents is 1. The van der Waals surface area contributed by atoms with Gasteiger partial charge in [0.2, 0.25) is 5.43 Å². The molecule has 0 fully saturated rings. The van der Waals surface area contributed by atoms with Crippen LogP contribution in [0.3, 0.4) is 0 Å². The Hall–Kier alpha value is -4.21. The minimum Gasteiger partial charge on any atom is -0.493 e. The average Bonchev–Trinajstić information content (AvgIpc) is 2.78. The first-order chi connectivity index (χ1) is 16.1. The van der Waals surface area contributed by atoms with Crippen molar-refractivity contribution in [3.63, 3.8) is 0 Å². The van der Waals surface area contributed by atoms with E-state index in [1.54, 1.807) is 38.1 Å². The van der Waals surface area contributed by atoms with Gasteiger partial charge in [-0.2, -0.15) is 5.10 Å². The number of benzene rings is 2. The molecule has 3 rings (SSSR count). The van der Waals surface area contributed by atoms with Crippen LogP contribution in [-0.4, -0.2) is 33.8 Å². The zero-order valence-corrected chi connectivity index (χ0v) is 19.6. The molecule has 1 heterocycles. The summed E-state index contributed by atoms with van der Waals surface area (Å²) >= 11 is 0. The molecule has 0 saturated heterocycles. The van der Waals surface area contributed by atoms with E-state index in [9.17, 15) is 19.7 Å². The Balaban J connectivity index is 1.92. The van der Waals surface area contributed by atoms with Crippen molar-refractivity contribution in [2.24, 2.45) is 0 Å². The van der Waals surface area contributed by atoms with Crippen LogP contribution < -0.4 is 20.2 Å². The number of methoxy groups -OCH3 is 1. The minimum absolute atomic E-state index is 0.0351. The van der Waals surface area contributed by atoms with E-state index in [-0.39, 0.29) is 23.2 Å². The first kappa shape index (κ1) is 24.4. The van der Waals surface area contributed by atoms with Crippen molar-refractivity contribution in [1.29, 1.82) is 0 Å². The van der Waals surface area contributed by atoms with Gasteiger partial charge in [-0.15, -0.1) is 0 Å². The molecule has 0 saturated carbocycles. The van der Waals surface area contributed by atoms with E-state index < -0.39 is 22.3 Å². The number of hydrogen-bond acceptors (Lipinski definition) is 7. The Morgan fingerprint density at radius 2 is 1.82 bits per heavy atom. The van der Waals surface area contributed by atoms with Crippen molar-refractivity contribution in [1.82, 2.24) is 15.1 Å². The number of carbonyl (C=O) groups is 1. The molecule has 178 valence electrons. The Bertz CT molecular complexity index is 1280. The minimum atomic E-state index is -0.702. The van der Waals surface area contributed by atoms with Crippen molar-refractivity contribution in [2.45, 2.75) is 39.8 Å². The van der Waals surface area contributed by atoms with Gasteiger partial charge in [-0.3, -0.25) is 19.7 Å². The number of rotatable bonds is 8. The van der Waals surface area contributed by atoms with E-state index in [0.717, 1.165) is 5.56 Å². The van der Waals surface area contributed by atoms with Crippen LogP contribution in [0.2, 0.25) is 0 Å². The van der Waals surface area contributed by atoms with Crippen LogP contribution in [-0.2, 0) is 0 Å². The summed E-state index contributed by atoms with van der Waals surface area (Å²) in [7, 11) is 1.52. The van der Waals surface area contributed by atoms with Gasteiger partial charge in [-0.1, -0.05) is 18.2 Å². The number of aromatic nitrogens is 2. The zero-order chi connectivity index (χ0) is 25.0.